The predicted molar refractivity (Wildman–Crippen MR) is 105 cm³/mol. The molecule has 0 heterocycles. The number of rotatable bonds is 6. The molecular formula is C19H22F3N3OS. The van der Waals surface area contributed by atoms with Gasteiger partial charge in [-0.15, -0.1) is 0 Å². The number of anilines is 1. The molecule has 146 valence electrons. The zero-order chi connectivity index (χ0) is 20.0. The van der Waals surface area contributed by atoms with Gasteiger partial charge in [-0.1, -0.05) is 24.3 Å². The van der Waals surface area contributed by atoms with E-state index in [0.717, 1.165) is 23.4 Å². The first-order valence-electron chi connectivity index (χ1n) is 8.24. The van der Waals surface area contributed by atoms with Crippen molar-refractivity contribution in [2.24, 2.45) is 0 Å². The fraction of sp³-hybridized carbons (Fsp3) is 0.316. The number of para-hydroxylation sites is 1. The highest BCUT2D eigenvalue weighted by atomic mass is 32.1. The summed E-state index contributed by atoms with van der Waals surface area (Å²) in [6.07, 6.45) is -4.40. The highest BCUT2D eigenvalue weighted by Gasteiger charge is 2.30. The van der Waals surface area contributed by atoms with E-state index in [2.05, 4.69) is 10.6 Å². The molecule has 2 aromatic carbocycles. The summed E-state index contributed by atoms with van der Waals surface area (Å²) in [5, 5.41) is 6.11. The maximum absolute atomic E-state index is 12.8. The minimum Gasteiger partial charge on any atom is -0.496 e. The standard InChI is InChI=1S/C19H22F3N3OS/c1-25(2)16(15-9-4-5-10-17(15)26-3)12-23-18(27)24-14-8-6-7-13(11-14)19(20,21)22/h4-11,16H,12H2,1-3H3,(H2,23,24,27)/t16-/m1/s1. The highest BCUT2D eigenvalue weighted by molar-refractivity contribution is 7.80. The normalized spacial score (nSPS) is 12.6. The van der Waals surface area contributed by atoms with Crippen LogP contribution in [-0.2, 0) is 6.18 Å². The maximum Gasteiger partial charge on any atom is 0.416 e. The number of hydrogen-bond acceptors (Lipinski definition) is 3. The van der Waals surface area contributed by atoms with Crippen LogP contribution in [0.15, 0.2) is 48.5 Å². The molecule has 2 rings (SSSR count). The molecule has 27 heavy (non-hydrogen) atoms. The van der Waals surface area contributed by atoms with Gasteiger partial charge < -0.3 is 20.3 Å². The number of nitrogens with one attached hydrogen (secondary N) is 2. The van der Waals surface area contributed by atoms with Crippen molar-refractivity contribution in [3.63, 3.8) is 0 Å². The van der Waals surface area contributed by atoms with Crippen LogP contribution in [0.5, 0.6) is 5.75 Å². The third kappa shape index (κ3) is 5.83. The largest absolute Gasteiger partial charge is 0.496 e. The second kappa shape index (κ2) is 9.05. The van der Waals surface area contributed by atoms with Gasteiger partial charge >= 0.3 is 6.18 Å². The van der Waals surface area contributed by atoms with E-state index in [9.17, 15) is 13.2 Å². The van der Waals surface area contributed by atoms with Gasteiger partial charge in [-0.2, -0.15) is 13.2 Å². The number of alkyl halides is 3. The molecule has 0 saturated carbocycles. The number of hydrogen-bond donors (Lipinski definition) is 2. The number of halogens is 3. The Hall–Kier alpha value is -2.32. The van der Waals surface area contributed by atoms with Crippen LogP contribution in [0, 0.1) is 0 Å². The Morgan fingerprint density at radius 2 is 1.85 bits per heavy atom. The van der Waals surface area contributed by atoms with E-state index in [0.29, 0.717) is 6.54 Å². The average Bonchev–Trinajstić information content (AvgIpc) is 2.61. The van der Waals surface area contributed by atoms with Crippen LogP contribution in [0.25, 0.3) is 0 Å². The summed E-state index contributed by atoms with van der Waals surface area (Å²) in [6.45, 7) is 0.457. The fourth-order valence-corrected chi connectivity index (χ4v) is 2.85. The fourth-order valence-electron chi connectivity index (χ4n) is 2.65. The van der Waals surface area contributed by atoms with Crippen LogP contribution in [0.2, 0.25) is 0 Å². The van der Waals surface area contributed by atoms with Crippen molar-refractivity contribution < 1.29 is 17.9 Å². The Balaban J connectivity index is 2.05. The summed E-state index contributed by atoms with van der Waals surface area (Å²) in [6, 6.07) is 12.5. The molecule has 0 fully saturated rings. The second-order valence-corrected chi connectivity index (χ2v) is 6.54. The van der Waals surface area contributed by atoms with Gasteiger partial charge in [0.05, 0.1) is 18.7 Å². The van der Waals surface area contributed by atoms with E-state index < -0.39 is 11.7 Å². The van der Waals surface area contributed by atoms with Crippen molar-refractivity contribution in [3.05, 3.63) is 59.7 Å². The number of likely N-dealkylation sites (N-methyl/N-ethyl adjacent to an activating group) is 1. The van der Waals surface area contributed by atoms with Crippen molar-refractivity contribution in [1.29, 1.82) is 0 Å². The molecule has 0 aliphatic carbocycles. The van der Waals surface area contributed by atoms with Gasteiger partial charge in [-0.05, 0) is 50.6 Å². The molecule has 2 N–H and O–H groups in total. The molecule has 4 nitrogen and oxygen atoms in total. The summed E-state index contributed by atoms with van der Waals surface area (Å²) >= 11 is 5.24. The highest BCUT2D eigenvalue weighted by Crippen LogP contribution is 2.31. The number of ether oxygens (including phenoxy) is 1. The van der Waals surface area contributed by atoms with E-state index in [4.69, 9.17) is 17.0 Å². The summed E-state index contributed by atoms with van der Waals surface area (Å²) in [5.74, 6) is 0.759. The first-order chi connectivity index (χ1) is 12.7. The molecule has 0 spiro atoms. The minimum atomic E-state index is -4.40. The molecule has 1 atom stereocenters. The van der Waals surface area contributed by atoms with Crippen molar-refractivity contribution >= 4 is 23.0 Å². The predicted octanol–water partition coefficient (Wildman–Crippen LogP) is 4.30. The lowest BCUT2D eigenvalue weighted by atomic mass is 10.0. The number of benzene rings is 2. The van der Waals surface area contributed by atoms with Gasteiger partial charge in [0, 0.05) is 17.8 Å². The minimum absolute atomic E-state index is 0.0394. The van der Waals surface area contributed by atoms with Crippen LogP contribution in [0.1, 0.15) is 17.2 Å². The van der Waals surface area contributed by atoms with E-state index in [1.807, 2.05) is 43.3 Å². The zero-order valence-electron chi connectivity index (χ0n) is 15.3. The molecule has 2 aromatic rings. The molecule has 0 unspecified atom stereocenters. The molecule has 0 amide bonds. The van der Waals surface area contributed by atoms with E-state index >= 15 is 0 Å². The average molecular weight is 397 g/mol. The lowest BCUT2D eigenvalue weighted by molar-refractivity contribution is -0.137. The molecular weight excluding hydrogens is 375 g/mol. The summed E-state index contributed by atoms with van der Waals surface area (Å²) in [5.41, 5.74) is 0.538. The van der Waals surface area contributed by atoms with Crippen LogP contribution in [0.4, 0.5) is 18.9 Å². The van der Waals surface area contributed by atoms with Crippen LogP contribution in [0.3, 0.4) is 0 Å². The van der Waals surface area contributed by atoms with Crippen molar-refractivity contribution in [3.8, 4) is 5.75 Å². The Bertz CT molecular complexity index is 781. The van der Waals surface area contributed by atoms with E-state index in [1.165, 1.54) is 12.1 Å². The van der Waals surface area contributed by atoms with Crippen LogP contribution < -0.4 is 15.4 Å². The second-order valence-electron chi connectivity index (χ2n) is 6.13. The Labute approximate surface area is 162 Å². The molecule has 0 aliphatic rings. The zero-order valence-corrected chi connectivity index (χ0v) is 16.1. The van der Waals surface area contributed by atoms with E-state index in [-0.39, 0.29) is 16.8 Å². The van der Waals surface area contributed by atoms with Crippen molar-refractivity contribution in [2.75, 3.05) is 33.1 Å². The molecule has 8 heteroatoms. The quantitative estimate of drug-likeness (QED) is 0.711. The van der Waals surface area contributed by atoms with Gasteiger partial charge in [-0.3, -0.25) is 0 Å². The topological polar surface area (TPSA) is 36.5 Å². The Kier molecular flexibility index (Phi) is 7.04. The van der Waals surface area contributed by atoms with Gasteiger partial charge in [0.25, 0.3) is 0 Å². The summed E-state index contributed by atoms with van der Waals surface area (Å²) in [4.78, 5) is 2.01. The molecule has 0 saturated heterocycles. The third-order valence-electron chi connectivity index (χ3n) is 4.03. The molecule has 0 radical (unpaired) electrons. The Morgan fingerprint density at radius 3 is 2.48 bits per heavy atom. The molecule has 0 aliphatic heterocycles. The smallest absolute Gasteiger partial charge is 0.416 e. The Morgan fingerprint density at radius 1 is 1.15 bits per heavy atom. The summed E-state index contributed by atoms with van der Waals surface area (Å²) in [7, 11) is 5.48. The van der Waals surface area contributed by atoms with Gasteiger partial charge in [0.2, 0.25) is 0 Å². The SMILES string of the molecule is COc1ccccc1[C@@H](CNC(=S)Nc1cccc(C(F)(F)F)c1)N(C)C. The van der Waals surface area contributed by atoms with Crippen molar-refractivity contribution in [2.45, 2.75) is 12.2 Å². The summed E-state index contributed by atoms with van der Waals surface area (Å²) < 4.78 is 43.9. The third-order valence-corrected chi connectivity index (χ3v) is 4.27. The number of thiocarbonyl (C=S) groups is 1. The van der Waals surface area contributed by atoms with Crippen molar-refractivity contribution in [1.82, 2.24) is 10.2 Å². The van der Waals surface area contributed by atoms with Gasteiger partial charge in [-0.25, -0.2) is 0 Å². The van der Waals surface area contributed by atoms with Gasteiger partial charge in [0.15, 0.2) is 5.11 Å². The number of nitrogens with zero attached hydrogens (tertiary/aromatic N) is 1. The maximum atomic E-state index is 12.8. The molecule has 0 bridgehead atoms. The lowest BCUT2D eigenvalue weighted by Crippen LogP contribution is -2.36. The van der Waals surface area contributed by atoms with E-state index in [1.54, 1.807) is 7.11 Å². The first kappa shape index (κ1) is 21.0. The monoisotopic (exact) mass is 397 g/mol. The number of methoxy groups -OCH3 is 1. The van der Waals surface area contributed by atoms with Crippen LogP contribution >= 0.6 is 12.2 Å². The van der Waals surface area contributed by atoms with Gasteiger partial charge in [0.1, 0.15) is 5.75 Å². The lowest BCUT2D eigenvalue weighted by Gasteiger charge is -2.27. The first-order valence-corrected chi connectivity index (χ1v) is 8.64. The van der Waals surface area contributed by atoms with Crippen LogP contribution in [-0.4, -0.2) is 37.8 Å². The molecule has 0 aromatic heterocycles.